The van der Waals surface area contributed by atoms with E-state index < -0.39 is 0 Å². The summed E-state index contributed by atoms with van der Waals surface area (Å²) in [7, 11) is 0. The smallest absolute Gasteiger partial charge is 0.254 e. The van der Waals surface area contributed by atoms with E-state index >= 15 is 0 Å². The molecule has 5 nitrogen and oxygen atoms in total. The van der Waals surface area contributed by atoms with E-state index in [1.807, 2.05) is 23.1 Å². The van der Waals surface area contributed by atoms with E-state index in [2.05, 4.69) is 17.9 Å². The molecule has 3 saturated heterocycles. The zero-order chi connectivity index (χ0) is 19.6. The minimum Gasteiger partial charge on any atom is -0.392 e. The first kappa shape index (κ1) is 19.9. The van der Waals surface area contributed by atoms with Crippen molar-refractivity contribution in [3.05, 3.63) is 35.4 Å². The van der Waals surface area contributed by atoms with E-state index in [1.165, 1.54) is 0 Å². The molecule has 28 heavy (non-hydrogen) atoms. The fraction of sp³-hybridized carbons (Fsp3) is 0.696. The number of amides is 1. The fourth-order valence-electron chi connectivity index (χ4n) is 5.24. The first-order valence-corrected chi connectivity index (χ1v) is 11.0. The number of benzene rings is 1. The lowest BCUT2D eigenvalue weighted by molar-refractivity contribution is 0.0227. The van der Waals surface area contributed by atoms with Crippen LogP contribution in [0.2, 0.25) is 0 Å². The SMILES string of the molecule is CCc1ccccc1C(=O)N1CCC2(CC1)CO[C@@H](CN1CCC[C@H](O)C1)C2. The summed E-state index contributed by atoms with van der Waals surface area (Å²) in [6.07, 6.45) is 6.15. The van der Waals surface area contributed by atoms with Gasteiger partial charge < -0.3 is 14.7 Å². The minimum absolute atomic E-state index is 0.177. The van der Waals surface area contributed by atoms with Crippen LogP contribution in [0.1, 0.15) is 54.9 Å². The molecule has 4 rings (SSSR count). The number of ether oxygens (including phenoxy) is 1. The van der Waals surface area contributed by atoms with Crippen LogP contribution in [0.15, 0.2) is 24.3 Å². The van der Waals surface area contributed by atoms with E-state index in [4.69, 9.17) is 4.74 Å². The summed E-state index contributed by atoms with van der Waals surface area (Å²) in [6.45, 7) is 7.38. The predicted octanol–water partition coefficient (Wildman–Crippen LogP) is 2.72. The first-order chi connectivity index (χ1) is 13.6. The highest BCUT2D eigenvalue weighted by Crippen LogP contribution is 2.42. The van der Waals surface area contributed by atoms with Crippen LogP contribution < -0.4 is 0 Å². The summed E-state index contributed by atoms with van der Waals surface area (Å²) in [4.78, 5) is 17.4. The number of rotatable bonds is 4. The molecule has 154 valence electrons. The molecule has 5 heteroatoms. The lowest BCUT2D eigenvalue weighted by atomic mass is 9.76. The van der Waals surface area contributed by atoms with Gasteiger partial charge in [-0.3, -0.25) is 9.69 Å². The summed E-state index contributed by atoms with van der Waals surface area (Å²) < 4.78 is 6.17. The molecule has 0 saturated carbocycles. The number of aliphatic hydroxyl groups excluding tert-OH is 1. The van der Waals surface area contributed by atoms with E-state index in [0.29, 0.717) is 0 Å². The molecule has 0 radical (unpaired) electrons. The van der Waals surface area contributed by atoms with Crippen molar-refractivity contribution in [2.45, 2.75) is 57.7 Å². The zero-order valence-corrected chi connectivity index (χ0v) is 17.1. The van der Waals surface area contributed by atoms with Gasteiger partial charge in [0.1, 0.15) is 0 Å². The van der Waals surface area contributed by atoms with Gasteiger partial charge in [0.2, 0.25) is 0 Å². The highest BCUT2D eigenvalue weighted by molar-refractivity contribution is 5.95. The molecule has 3 aliphatic rings. The number of likely N-dealkylation sites (tertiary alicyclic amines) is 2. The van der Waals surface area contributed by atoms with Gasteiger partial charge in [-0.2, -0.15) is 0 Å². The van der Waals surface area contributed by atoms with E-state index in [9.17, 15) is 9.90 Å². The Balaban J connectivity index is 1.31. The van der Waals surface area contributed by atoms with Crippen molar-refractivity contribution in [3.63, 3.8) is 0 Å². The van der Waals surface area contributed by atoms with Gasteiger partial charge in [-0.05, 0) is 62.1 Å². The summed E-state index contributed by atoms with van der Waals surface area (Å²) in [5.41, 5.74) is 2.24. The summed E-state index contributed by atoms with van der Waals surface area (Å²) in [5, 5.41) is 9.89. The second kappa shape index (κ2) is 8.52. The zero-order valence-electron chi connectivity index (χ0n) is 17.1. The quantitative estimate of drug-likeness (QED) is 0.865. The van der Waals surface area contributed by atoms with Crippen molar-refractivity contribution < 1.29 is 14.6 Å². The van der Waals surface area contributed by atoms with Crippen LogP contribution in [0.25, 0.3) is 0 Å². The molecule has 1 amide bonds. The van der Waals surface area contributed by atoms with Crippen molar-refractivity contribution in [1.29, 1.82) is 0 Å². The topological polar surface area (TPSA) is 53.0 Å². The van der Waals surface area contributed by atoms with Crippen molar-refractivity contribution in [2.75, 3.05) is 39.3 Å². The molecule has 0 unspecified atom stereocenters. The third-order valence-corrected chi connectivity index (χ3v) is 6.97. The van der Waals surface area contributed by atoms with Crippen molar-refractivity contribution >= 4 is 5.91 Å². The minimum atomic E-state index is -0.177. The maximum Gasteiger partial charge on any atom is 0.254 e. The standard InChI is InChI=1S/C23H34N2O3/c1-2-18-6-3-4-8-21(18)22(27)25-12-9-23(10-13-25)14-20(28-17-23)16-24-11-5-7-19(26)15-24/h3-4,6,8,19-20,26H,2,5,7,9-17H2,1H3/t19-,20+/m0/s1. The number of carbonyl (C=O) groups is 1. The Morgan fingerprint density at radius 2 is 2.04 bits per heavy atom. The molecule has 3 heterocycles. The molecular weight excluding hydrogens is 352 g/mol. The third-order valence-electron chi connectivity index (χ3n) is 6.97. The molecule has 2 atom stereocenters. The van der Waals surface area contributed by atoms with Crippen molar-refractivity contribution in [3.8, 4) is 0 Å². The summed E-state index contributed by atoms with van der Waals surface area (Å²) in [6, 6.07) is 8.00. The Morgan fingerprint density at radius 3 is 2.79 bits per heavy atom. The largest absolute Gasteiger partial charge is 0.392 e. The second-order valence-corrected chi connectivity index (χ2v) is 9.00. The highest BCUT2D eigenvalue weighted by atomic mass is 16.5. The Labute approximate surface area is 168 Å². The highest BCUT2D eigenvalue weighted by Gasteiger charge is 2.43. The molecule has 1 aromatic rings. The first-order valence-electron chi connectivity index (χ1n) is 11.0. The molecular formula is C23H34N2O3. The molecule has 1 spiro atoms. The Kier molecular flexibility index (Phi) is 6.04. The molecule has 1 aromatic carbocycles. The molecule has 0 aromatic heterocycles. The van der Waals surface area contributed by atoms with E-state index in [-0.39, 0.29) is 23.5 Å². The van der Waals surface area contributed by atoms with Gasteiger partial charge in [0.25, 0.3) is 5.91 Å². The summed E-state index contributed by atoms with van der Waals surface area (Å²) >= 11 is 0. The normalized spacial score (nSPS) is 28.0. The predicted molar refractivity (Wildman–Crippen MR) is 109 cm³/mol. The van der Waals surface area contributed by atoms with Crippen LogP contribution in [0, 0.1) is 5.41 Å². The van der Waals surface area contributed by atoms with Crippen molar-refractivity contribution in [1.82, 2.24) is 9.80 Å². The number of hydrogen-bond acceptors (Lipinski definition) is 4. The van der Waals surface area contributed by atoms with Gasteiger partial charge in [0.05, 0.1) is 18.8 Å². The van der Waals surface area contributed by atoms with Crippen molar-refractivity contribution in [2.24, 2.45) is 5.41 Å². The molecule has 1 N–H and O–H groups in total. The van der Waals surface area contributed by atoms with Gasteiger partial charge in [0.15, 0.2) is 0 Å². The second-order valence-electron chi connectivity index (χ2n) is 9.00. The van der Waals surface area contributed by atoms with Crippen LogP contribution >= 0.6 is 0 Å². The number of hydrogen-bond donors (Lipinski definition) is 1. The maximum atomic E-state index is 13.0. The van der Waals surface area contributed by atoms with Gasteiger partial charge in [0, 0.05) is 31.7 Å². The van der Waals surface area contributed by atoms with Gasteiger partial charge in [-0.15, -0.1) is 0 Å². The molecule has 0 aliphatic carbocycles. The third kappa shape index (κ3) is 4.27. The number of nitrogens with zero attached hydrogens (tertiary/aromatic N) is 2. The number of aliphatic hydroxyl groups is 1. The molecule has 3 fully saturated rings. The Bertz CT molecular complexity index is 684. The van der Waals surface area contributed by atoms with E-state index in [0.717, 1.165) is 89.0 Å². The Hall–Kier alpha value is -1.43. The number of piperidine rings is 2. The fourth-order valence-corrected chi connectivity index (χ4v) is 5.24. The van der Waals surface area contributed by atoms with Crippen LogP contribution in [-0.2, 0) is 11.2 Å². The average molecular weight is 387 g/mol. The van der Waals surface area contributed by atoms with Gasteiger partial charge in [-0.25, -0.2) is 0 Å². The van der Waals surface area contributed by atoms with Crippen LogP contribution in [0.4, 0.5) is 0 Å². The average Bonchev–Trinajstić information content (AvgIpc) is 3.10. The van der Waals surface area contributed by atoms with Gasteiger partial charge in [-0.1, -0.05) is 25.1 Å². The number of carbonyl (C=O) groups excluding carboxylic acids is 1. The van der Waals surface area contributed by atoms with Gasteiger partial charge >= 0.3 is 0 Å². The Morgan fingerprint density at radius 1 is 1.25 bits per heavy atom. The molecule has 3 aliphatic heterocycles. The number of aryl methyl sites for hydroxylation is 1. The maximum absolute atomic E-state index is 13.0. The molecule has 0 bridgehead atoms. The number of β-amino-alcohol motifs (C(OH)–C–C–N with tert-alkyl or cyclic N) is 1. The lowest BCUT2D eigenvalue weighted by Crippen LogP contribution is -2.44. The monoisotopic (exact) mass is 386 g/mol. The lowest BCUT2D eigenvalue weighted by Gasteiger charge is -2.39. The van der Waals surface area contributed by atoms with E-state index in [1.54, 1.807) is 0 Å². The van der Waals surface area contributed by atoms with Crippen LogP contribution in [-0.4, -0.2) is 72.4 Å². The van der Waals surface area contributed by atoms with Crippen LogP contribution in [0.3, 0.4) is 0 Å². The van der Waals surface area contributed by atoms with Crippen LogP contribution in [0.5, 0.6) is 0 Å². The summed E-state index contributed by atoms with van der Waals surface area (Å²) in [5.74, 6) is 0.185.